The molecule has 0 aliphatic carbocycles. The number of para-hydroxylation sites is 1. The summed E-state index contributed by atoms with van der Waals surface area (Å²) in [6.45, 7) is 1.48. The maximum atomic E-state index is 11.9. The molecule has 0 unspecified atom stereocenters. The number of amides is 1. The number of hydrogen-bond acceptors (Lipinski definition) is 3. The minimum atomic E-state index is -0.395. The number of rotatable bonds is 3. The van der Waals surface area contributed by atoms with E-state index < -0.39 is 5.91 Å². The summed E-state index contributed by atoms with van der Waals surface area (Å²) in [5, 5.41) is 12.2. The van der Waals surface area contributed by atoms with Gasteiger partial charge in [-0.15, -0.1) is 0 Å². The first kappa shape index (κ1) is 12.8. The van der Waals surface area contributed by atoms with Crippen molar-refractivity contribution in [2.24, 2.45) is 0 Å². The first-order chi connectivity index (χ1) is 9.08. The van der Waals surface area contributed by atoms with Crippen LogP contribution in [0.5, 0.6) is 5.75 Å². The van der Waals surface area contributed by atoms with Crippen molar-refractivity contribution >= 4 is 17.4 Å². The molecular formula is C15H13NO3. The molecule has 4 nitrogen and oxygen atoms in total. The fraction of sp³-hybridized carbons (Fsp3) is 0.0667. The van der Waals surface area contributed by atoms with Crippen molar-refractivity contribution in [3.8, 4) is 5.75 Å². The van der Waals surface area contributed by atoms with Crippen LogP contribution in [0, 0.1) is 0 Å². The zero-order valence-electron chi connectivity index (χ0n) is 10.4. The topological polar surface area (TPSA) is 66.4 Å². The number of phenolic OH excluding ortho intramolecular Hbond substituents is 1. The zero-order chi connectivity index (χ0) is 13.8. The summed E-state index contributed by atoms with van der Waals surface area (Å²) in [5.41, 5.74) is 1.36. The highest BCUT2D eigenvalue weighted by atomic mass is 16.3. The summed E-state index contributed by atoms with van der Waals surface area (Å²) in [7, 11) is 0. The predicted octanol–water partition coefficient (Wildman–Crippen LogP) is 2.85. The van der Waals surface area contributed by atoms with Crippen LogP contribution in [0.2, 0.25) is 0 Å². The van der Waals surface area contributed by atoms with E-state index in [-0.39, 0.29) is 17.1 Å². The molecule has 0 aliphatic heterocycles. The van der Waals surface area contributed by atoms with Gasteiger partial charge < -0.3 is 10.4 Å². The van der Waals surface area contributed by atoms with Crippen molar-refractivity contribution < 1.29 is 14.7 Å². The Kier molecular flexibility index (Phi) is 3.61. The molecule has 2 rings (SSSR count). The Labute approximate surface area is 110 Å². The third kappa shape index (κ3) is 2.98. The average Bonchev–Trinajstić information content (AvgIpc) is 2.39. The van der Waals surface area contributed by atoms with Crippen molar-refractivity contribution in [2.45, 2.75) is 6.92 Å². The van der Waals surface area contributed by atoms with Crippen LogP contribution in [-0.2, 0) is 0 Å². The van der Waals surface area contributed by atoms with E-state index in [1.807, 2.05) is 0 Å². The number of carbonyl (C=O) groups is 2. The molecule has 0 aliphatic rings. The van der Waals surface area contributed by atoms with Crippen LogP contribution in [-0.4, -0.2) is 16.8 Å². The van der Waals surface area contributed by atoms with Crippen LogP contribution < -0.4 is 5.32 Å². The van der Waals surface area contributed by atoms with Crippen LogP contribution in [0.3, 0.4) is 0 Å². The molecule has 4 heteroatoms. The van der Waals surface area contributed by atoms with E-state index in [9.17, 15) is 14.7 Å². The number of Topliss-reactive ketones (excluding diaryl/α,β-unsaturated/α-hetero) is 1. The molecule has 2 N–H and O–H groups in total. The summed E-state index contributed by atoms with van der Waals surface area (Å²) in [6, 6.07) is 12.9. The van der Waals surface area contributed by atoms with Crippen molar-refractivity contribution in [1.82, 2.24) is 0 Å². The lowest BCUT2D eigenvalue weighted by Gasteiger charge is -2.07. The van der Waals surface area contributed by atoms with Gasteiger partial charge in [-0.1, -0.05) is 12.1 Å². The first-order valence-electron chi connectivity index (χ1n) is 5.78. The SMILES string of the molecule is CC(=O)c1ccc(NC(=O)c2ccccc2O)cc1. The number of ketones is 1. The fourth-order valence-electron chi connectivity index (χ4n) is 1.65. The maximum absolute atomic E-state index is 11.9. The Hall–Kier alpha value is -2.62. The first-order valence-corrected chi connectivity index (χ1v) is 5.78. The van der Waals surface area contributed by atoms with Gasteiger partial charge >= 0.3 is 0 Å². The summed E-state index contributed by atoms with van der Waals surface area (Å²) >= 11 is 0. The number of nitrogens with one attached hydrogen (secondary N) is 1. The third-order valence-electron chi connectivity index (χ3n) is 2.70. The molecule has 0 saturated heterocycles. The van der Waals surface area contributed by atoms with Gasteiger partial charge in [0.15, 0.2) is 5.78 Å². The normalized spacial score (nSPS) is 9.95. The number of carbonyl (C=O) groups excluding carboxylic acids is 2. The minimum Gasteiger partial charge on any atom is -0.507 e. The van der Waals surface area contributed by atoms with Crippen LogP contribution in [0.25, 0.3) is 0 Å². The lowest BCUT2D eigenvalue weighted by molar-refractivity contribution is 0.101. The summed E-state index contributed by atoms with van der Waals surface area (Å²) in [5.74, 6) is -0.493. The molecule has 0 heterocycles. The third-order valence-corrected chi connectivity index (χ3v) is 2.70. The maximum Gasteiger partial charge on any atom is 0.259 e. The highest BCUT2D eigenvalue weighted by Crippen LogP contribution is 2.18. The van der Waals surface area contributed by atoms with Gasteiger partial charge in [-0.25, -0.2) is 0 Å². The lowest BCUT2D eigenvalue weighted by atomic mass is 10.1. The van der Waals surface area contributed by atoms with Crippen LogP contribution in [0.4, 0.5) is 5.69 Å². The highest BCUT2D eigenvalue weighted by molar-refractivity contribution is 6.06. The number of anilines is 1. The standard InChI is InChI=1S/C15H13NO3/c1-10(17)11-6-8-12(9-7-11)16-15(19)13-4-2-3-5-14(13)18/h2-9,18H,1H3,(H,16,19). The molecule has 0 bridgehead atoms. The van der Waals surface area contributed by atoms with Gasteiger partial charge in [0.2, 0.25) is 0 Å². The van der Waals surface area contributed by atoms with Crippen molar-refractivity contribution in [3.05, 3.63) is 59.7 Å². The van der Waals surface area contributed by atoms with Crippen molar-refractivity contribution in [1.29, 1.82) is 0 Å². The Morgan fingerprint density at radius 1 is 1.00 bits per heavy atom. The highest BCUT2D eigenvalue weighted by Gasteiger charge is 2.10. The van der Waals surface area contributed by atoms with Crippen molar-refractivity contribution in [3.63, 3.8) is 0 Å². The van der Waals surface area contributed by atoms with Crippen LogP contribution >= 0.6 is 0 Å². The predicted molar refractivity (Wildman–Crippen MR) is 72.5 cm³/mol. The molecule has 2 aromatic rings. The van der Waals surface area contributed by atoms with E-state index in [1.54, 1.807) is 36.4 Å². The van der Waals surface area contributed by atoms with E-state index in [0.29, 0.717) is 11.3 Å². The Morgan fingerprint density at radius 3 is 2.21 bits per heavy atom. The van der Waals surface area contributed by atoms with Gasteiger partial charge in [0.05, 0.1) is 5.56 Å². The largest absolute Gasteiger partial charge is 0.507 e. The van der Waals surface area contributed by atoms with Crippen LogP contribution in [0.15, 0.2) is 48.5 Å². The monoisotopic (exact) mass is 255 g/mol. The molecule has 2 aromatic carbocycles. The van der Waals surface area contributed by atoms with E-state index >= 15 is 0 Å². The van der Waals surface area contributed by atoms with E-state index in [2.05, 4.69) is 5.32 Å². The number of phenols is 1. The van der Waals surface area contributed by atoms with E-state index in [1.165, 1.54) is 19.1 Å². The summed E-state index contributed by atoms with van der Waals surface area (Å²) in [6.07, 6.45) is 0. The summed E-state index contributed by atoms with van der Waals surface area (Å²) in [4.78, 5) is 23.0. The molecule has 0 radical (unpaired) electrons. The van der Waals surface area contributed by atoms with Crippen LogP contribution in [0.1, 0.15) is 27.6 Å². The van der Waals surface area contributed by atoms with Gasteiger partial charge in [0.25, 0.3) is 5.91 Å². The van der Waals surface area contributed by atoms with E-state index in [4.69, 9.17) is 0 Å². The molecule has 0 fully saturated rings. The number of aromatic hydroxyl groups is 1. The van der Waals surface area contributed by atoms with Gasteiger partial charge in [-0.2, -0.15) is 0 Å². The Morgan fingerprint density at radius 2 is 1.63 bits per heavy atom. The molecule has 0 spiro atoms. The van der Waals surface area contributed by atoms with Crippen molar-refractivity contribution in [2.75, 3.05) is 5.32 Å². The molecular weight excluding hydrogens is 242 g/mol. The number of hydrogen-bond donors (Lipinski definition) is 2. The second-order valence-corrected chi connectivity index (χ2v) is 4.10. The summed E-state index contributed by atoms with van der Waals surface area (Å²) < 4.78 is 0. The molecule has 19 heavy (non-hydrogen) atoms. The fourth-order valence-corrected chi connectivity index (χ4v) is 1.65. The molecule has 0 atom stereocenters. The average molecular weight is 255 g/mol. The second-order valence-electron chi connectivity index (χ2n) is 4.10. The van der Waals surface area contributed by atoms with Gasteiger partial charge in [0.1, 0.15) is 5.75 Å². The zero-order valence-corrected chi connectivity index (χ0v) is 10.4. The van der Waals surface area contributed by atoms with Gasteiger partial charge in [-0.05, 0) is 43.3 Å². The Balaban J connectivity index is 2.15. The smallest absolute Gasteiger partial charge is 0.259 e. The van der Waals surface area contributed by atoms with E-state index in [0.717, 1.165) is 0 Å². The molecule has 1 amide bonds. The van der Waals surface area contributed by atoms with Gasteiger partial charge in [-0.3, -0.25) is 9.59 Å². The molecule has 0 aromatic heterocycles. The number of benzene rings is 2. The molecule has 96 valence electrons. The van der Waals surface area contributed by atoms with Gasteiger partial charge in [0, 0.05) is 11.3 Å². The Bertz CT molecular complexity index is 618. The minimum absolute atomic E-state index is 0.0291. The quantitative estimate of drug-likeness (QED) is 0.829. The lowest BCUT2D eigenvalue weighted by Crippen LogP contribution is -2.12. The second kappa shape index (κ2) is 5.35. The molecule has 0 saturated carbocycles.